The van der Waals surface area contributed by atoms with Gasteiger partial charge in [-0.05, 0) is 0 Å². The van der Waals surface area contributed by atoms with E-state index in [9.17, 15) is 14.4 Å². The molecule has 0 bridgehead atoms. The molecule has 0 fully saturated rings. The summed E-state index contributed by atoms with van der Waals surface area (Å²) in [5.74, 6) is -1.80. The number of carboxylic acids is 1. The van der Waals surface area contributed by atoms with Gasteiger partial charge in [-0.25, -0.2) is 9.59 Å². The monoisotopic (exact) mass is 202 g/mol. The van der Waals surface area contributed by atoms with Gasteiger partial charge >= 0.3 is 12.1 Å². The van der Waals surface area contributed by atoms with Crippen molar-refractivity contribution in [1.82, 2.24) is 5.32 Å². The second-order valence-corrected chi connectivity index (χ2v) is 2.13. The smallest absolute Gasteiger partial charge is 0.404 e. The third-order valence-electron chi connectivity index (χ3n) is 1.02. The number of carbonyl (C=O) groups is 3. The van der Waals surface area contributed by atoms with Gasteiger partial charge < -0.3 is 20.9 Å². The van der Waals surface area contributed by atoms with Crippen molar-refractivity contribution in [1.29, 1.82) is 0 Å². The largest absolute Gasteiger partial charge is 0.478 e. The summed E-state index contributed by atoms with van der Waals surface area (Å²) in [5.41, 5.74) is 4.64. The number of amides is 2. The van der Waals surface area contributed by atoms with Crippen LogP contribution < -0.4 is 11.1 Å². The van der Waals surface area contributed by atoms with E-state index in [1.54, 1.807) is 0 Å². The highest BCUT2D eigenvalue weighted by Gasteiger charge is 1.97. The summed E-state index contributed by atoms with van der Waals surface area (Å²) in [6.45, 7) is 0.0215. The van der Waals surface area contributed by atoms with Crippen LogP contribution in [0.1, 0.15) is 0 Å². The number of nitrogens with one attached hydrogen (secondary N) is 1. The predicted molar refractivity (Wildman–Crippen MR) is 45.3 cm³/mol. The van der Waals surface area contributed by atoms with Crippen LogP contribution in [0.3, 0.4) is 0 Å². The summed E-state index contributed by atoms with van der Waals surface area (Å²) >= 11 is 0. The molecule has 0 unspecified atom stereocenters. The summed E-state index contributed by atoms with van der Waals surface area (Å²) in [6, 6.07) is 0. The first-order chi connectivity index (χ1) is 6.52. The molecule has 7 heteroatoms. The van der Waals surface area contributed by atoms with Crippen molar-refractivity contribution in [2.45, 2.75) is 0 Å². The highest BCUT2D eigenvalue weighted by atomic mass is 16.5. The summed E-state index contributed by atoms with van der Waals surface area (Å²) in [7, 11) is 0. The Morgan fingerprint density at radius 3 is 2.50 bits per heavy atom. The van der Waals surface area contributed by atoms with Crippen LogP contribution >= 0.6 is 0 Å². The lowest BCUT2D eigenvalue weighted by atomic mass is 10.4. The molecule has 0 aliphatic heterocycles. The minimum absolute atomic E-state index is 0.0536. The number of nitrogens with two attached hydrogens (primary N) is 1. The molecule has 0 aromatic heterocycles. The fraction of sp³-hybridized carbons (Fsp3) is 0.286. The third kappa shape index (κ3) is 8.05. The van der Waals surface area contributed by atoms with E-state index in [1.165, 1.54) is 0 Å². The normalized spacial score (nSPS) is 9.71. The Hall–Kier alpha value is -2.05. The number of carboxylic acid groups (broad SMARTS) is 1. The Kier molecular flexibility index (Phi) is 5.52. The van der Waals surface area contributed by atoms with E-state index in [1.807, 2.05) is 0 Å². The SMILES string of the molecule is NC(=O)OCCNC(=O)/C=C/C(=O)O. The maximum atomic E-state index is 10.8. The van der Waals surface area contributed by atoms with Gasteiger partial charge in [0.05, 0.1) is 6.54 Å². The molecule has 4 N–H and O–H groups in total. The first-order valence-electron chi connectivity index (χ1n) is 3.63. The van der Waals surface area contributed by atoms with Crippen molar-refractivity contribution in [3.8, 4) is 0 Å². The molecule has 14 heavy (non-hydrogen) atoms. The van der Waals surface area contributed by atoms with E-state index in [0.717, 1.165) is 6.08 Å². The Bertz CT molecular complexity index is 261. The third-order valence-corrected chi connectivity index (χ3v) is 1.02. The van der Waals surface area contributed by atoms with Crippen molar-refractivity contribution >= 4 is 18.0 Å². The van der Waals surface area contributed by atoms with E-state index < -0.39 is 18.0 Å². The number of aliphatic carboxylic acids is 1. The summed E-state index contributed by atoms with van der Waals surface area (Å²) in [6.07, 6.45) is 0.622. The van der Waals surface area contributed by atoms with Crippen molar-refractivity contribution in [2.75, 3.05) is 13.2 Å². The first-order valence-corrected chi connectivity index (χ1v) is 3.63. The van der Waals surface area contributed by atoms with E-state index in [4.69, 9.17) is 5.11 Å². The van der Waals surface area contributed by atoms with Crippen LogP contribution in [0.2, 0.25) is 0 Å². The number of hydrogen-bond acceptors (Lipinski definition) is 4. The Labute approximate surface area is 79.5 Å². The maximum absolute atomic E-state index is 10.8. The Morgan fingerprint density at radius 2 is 2.00 bits per heavy atom. The fourth-order valence-electron chi connectivity index (χ4n) is 0.532. The van der Waals surface area contributed by atoms with Crippen LogP contribution in [-0.4, -0.2) is 36.2 Å². The lowest BCUT2D eigenvalue weighted by Gasteiger charge is -2.01. The van der Waals surface area contributed by atoms with Crippen LogP contribution in [0.25, 0.3) is 0 Å². The number of rotatable bonds is 5. The van der Waals surface area contributed by atoms with Gasteiger partial charge in [-0.2, -0.15) is 0 Å². The zero-order chi connectivity index (χ0) is 11.0. The molecule has 0 radical (unpaired) electrons. The van der Waals surface area contributed by atoms with Crippen molar-refractivity contribution in [3.63, 3.8) is 0 Å². The minimum atomic E-state index is -1.21. The van der Waals surface area contributed by atoms with E-state index >= 15 is 0 Å². The standard InChI is InChI=1S/C7H10N2O5/c8-7(13)14-4-3-9-5(10)1-2-6(11)12/h1-2H,3-4H2,(H2,8,13)(H,9,10)(H,11,12)/b2-1+. The Balaban J connectivity index is 3.55. The molecule has 2 amide bonds. The van der Waals surface area contributed by atoms with Gasteiger partial charge in [-0.1, -0.05) is 0 Å². The zero-order valence-corrected chi connectivity index (χ0v) is 7.23. The average Bonchev–Trinajstić information content (AvgIpc) is 2.08. The highest BCUT2D eigenvalue weighted by Crippen LogP contribution is 1.76. The molecule has 0 atom stereocenters. The van der Waals surface area contributed by atoms with Gasteiger partial charge in [-0.3, -0.25) is 4.79 Å². The minimum Gasteiger partial charge on any atom is -0.478 e. The number of hydrogen-bond donors (Lipinski definition) is 3. The number of primary amides is 1. The number of ether oxygens (including phenoxy) is 1. The quantitative estimate of drug-likeness (QED) is 0.383. The van der Waals surface area contributed by atoms with Gasteiger partial charge in [0.2, 0.25) is 5.91 Å². The van der Waals surface area contributed by atoms with Crippen molar-refractivity contribution in [3.05, 3.63) is 12.2 Å². The van der Waals surface area contributed by atoms with Crippen molar-refractivity contribution in [2.24, 2.45) is 5.73 Å². The molecule has 0 heterocycles. The lowest BCUT2D eigenvalue weighted by molar-refractivity contribution is -0.131. The molecule has 78 valence electrons. The van der Waals surface area contributed by atoms with Crippen LogP contribution in [-0.2, 0) is 14.3 Å². The molecule has 7 nitrogen and oxygen atoms in total. The summed E-state index contributed by atoms with van der Waals surface area (Å²) < 4.78 is 4.30. The molecule has 0 spiro atoms. The average molecular weight is 202 g/mol. The lowest BCUT2D eigenvalue weighted by Crippen LogP contribution is -2.27. The second-order valence-electron chi connectivity index (χ2n) is 2.13. The second kappa shape index (κ2) is 6.46. The van der Waals surface area contributed by atoms with Gasteiger partial charge in [0.15, 0.2) is 0 Å². The van der Waals surface area contributed by atoms with Crippen molar-refractivity contribution < 1.29 is 24.2 Å². The molecular formula is C7H10N2O5. The van der Waals surface area contributed by atoms with E-state index in [0.29, 0.717) is 6.08 Å². The fourth-order valence-corrected chi connectivity index (χ4v) is 0.532. The molecule has 0 aliphatic rings. The topological polar surface area (TPSA) is 119 Å². The molecular weight excluding hydrogens is 192 g/mol. The summed E-state index contributed by atoms with van der Waals surface area (Å²) in [4.78, 5) is 30.8. The molecule has 0 rings (SSSR count). The predicted octanol–water partition coefficient (Wildman–Crippen LogP) is -1.16. The molecule has 0 aliphatic carbocycles. The summed E-state index contributed by atoms with van der Waals surface area (Å²) in [5, 5.41) is 10.4. The number of carbonyl (C=O) groups excluding carboxylic acids is 2. The molecule has 0 saturated heterocycles. The first kappa shape index (κ1) is 11.9. The van der Waals surface area contributed by atoms with Gasteiger partial charge in [0.1, 0.15) is 6.61 Å². The van der Waals surface area contributed by atoms with E-state index in [-0.39, 0.29) is 13.2 Å². The maximum Gasteiger partial charge on any atom is 0.404 e. The zero-order valence-electron chi connectivity index (χ0n) is 7.23. The molecule has 0 aromatic rings. The van der Waals surface area contributed by atoms with Crippen LogP contribution in [0.4, 0.5) is 4.79 Å². The van der Waals surface area contributed by atoms with Crippen LogP contribution in [0, 0.1) is 0 Å². The van der Waals surface area contributed by atoms with Crippen LogP contribution in [0.15, 0.2) is 12.2 Å². The molecule has 0 aromatic carbocycles. The van der Waals surface area contributed by atoms with Gasteiger partial charge in [-0.15, -0.1) is 0 Å². The Morgan fingerprint density at radius 1 is 1.36 bits per heavy atom. The van der Waals surface area contributed by atoms with Crippen LogP contribution in [0.5, 0.6) is 0 Å². The van der Waals surface area contributed by atoms with Gasteiger partial charge in [0, 0.05) is 12.2 Å². The van der Waals surface area contributed by atoms with Gasteiger partial charge in [0.25, 0.3) is 0 Å². The molecule has 0 saturated carbocycles. The highest BCUT2D eigenvalue weighted by molar-refractivity contribution is 5.93. The van der Waals surface area contributed by atoms with E-state index in [2.05, 4.69) is 15.8 Å².